The summed E-state index contributed by atoms with van der Waals surface area (Å²) in [6.45, 7) is 5.25. The maximum atomic E-state index is 13.5. The number of nitrogens with one attached hydrogen (secondary N) is 1. The molecule has 0 saturated carbocycles. The standard InChI is InChI=1S/C24H26F3N7O2/c1-23(22(36)33-10-8-32(9-11-33)18-5-2-15(12-28)13-29-18)6-7-34(14-23)17-4-3-16-19(24(25,26)27)21(35)31-30-20(16)17/h2,5,13,17H,3-4,6-11,14H2,1H3,(H,31,35)/t17-,23-/m1/s1. The Morgan fingerprint density at radius 3 is 2.61 bits per heavy atom. The van der Waals surface area contributed by atoms with E-state index in [-0.39, 0.29) is 29.6 Å². The smallest absolute Gasteiger partial charge is 0.353 e. The number of likely N-dealkylation sites (tertiary alicyclic amines) is 1. The van der Waals surface area contributed by atoms with E-state index < -0.39 is 22.7 Å². The molecule has 3 aliphatic rings. The molecule has 1 aliphatic carbocycles. The first-order valence-corrected chi connectivity index (χ1v) is 11.9. The van der Waals surface area contributed by atoms with Crippen molar-refractivity contribution in [3.8, 4) is 6.07 Å². The fourth-order valence-electron chi connectivity index (χ4n) is 5.70. The zero-order valence-electron chi connectivity index (χ0n) is 19.8. The van der Waals surface area contributed by atoms with Gasteiger partial charge in [0.1, 0.15) is 17.5 Å². The third kappa shape index (κ3) is 4.21. The third-order valence-electron chi connectivity index (χ3n) is 7.61. The van der Waals surface area contributed by atoms with Gasteiger partial charge in [-0.2, -0.15) is 23.5 Å². The summed E-state index contributed by atoms with van der Waals surface area (Å²) < 4.78 is 40.4. The lowest BCUT2D eigenvalue weighted by Crippen LogP contribution is -2.53. The molecule has 5 rings (SSSR count). The van der Waals surface area contributed by atoms with Crippen molar-refractivity contribution < 1.29 is 18.0 Å². The Bertz CT molecular complexity index is 1260. The van der Waals surface area contributed by atoms with E-state index in [0.717, 1.165) is 5.82 Å². The van der Waals surface area contributed by atoms with Gasteiger partial charge in [0, 0.05) is 38.9 Å². The lowest BCUT2D eigenvalue weighted by Gasteiger charge is -2.39. The molecule has 0 spiro atoms. The molecule has 1 amide bonds. The van der Waals surface area contributed by atoms with Crippen LogP contribution in [0.3, 0.4) is 0 Å². The van der Waals surface area contributed by atoms with E-state index in [9.17, 15) is 22.8 Å². The Labute approximate surface area is 205 Å². The normalized spacial score (nSPS) is 24.6. The molecule has 190 valence electrons. The number of nitriles is 1. The van der Waals surface area contributed by atoms with Gasteiger partial charge in [-0.25, -0.2) is 10.1 Å². The number of carbonyl (C=O) groups is 1. The quantitative estimate of drug-likeness (QED) is 0.686. The predicted molar refractivity (Wildman–Crippen MR) is 123 cm³/mol. The number of nitrogens with zero attached hydrogens (tertiary/aromatic N) is 6. The van der Waals surface area contributed by atoms with E-state index in [2.05, 4.69) is 15.0 Å². The molecule has 2 aromatic heterocycles. The molecule has 2 fully saturated rings. The van der Waals surface area contributed by atoms with Gasteiger partial charge in [0.25, 0.3) is 5.56 Å². The number of alkyl halides is 3. The molecule has 2 aliphatic heterocycles. The second-order valence-electron chi connectivity index (χ2n) is 9.92. The highest BCUT2D eigenvalue weighted by Crippen LogP contribution is 2.44. The van der Waals surface area contributed by atoms with Crippen LogP contribution in [0, 0.1) is 16.7 Å². The van der Waals surface area contributed by atoms with Crippen LogP contribution >= 0.6 is 0 Å². The number of aromatic nitrogens is 3. The molecular formula is C24H26F3N7O2. The summed E-state index contributed by atoms with van der Waals surface area (Å²) in [5.41, 5.74) is -2.27. The Morgan fingerprint density at radius 2 is 1.97 bits per heavy atom. The maximum Gasteiger partial charge on any atom is 0.422 e. The van der Waals surface area contributed by atoms with Crippen LogP contribution in [0.1, 0.15) is 48.2 Å². The summed E-state index contributed by atoms with van der Waals surface area (Å²) in [5, 5.41) is 15.0. The first kappa shape index (κ1) is 24.2. The molecule has 1 N–H and O–H groups in total. The van der Waals surface area contributed by atoms with E-state index >= 15 is 0 Å². The van der Waals surface area contributed by atoms with Crippen LogP contribution in [-0.2, 0) is 17.4 Å². The number of H-pyrrole nitrogens is 1. The monoisotopic (exact) mass is 501 g/mol. The number of pyridine rings is 1. The number of amides is 1. The molecule has 0 aromatic carbocycles. The van der Waals surface area contributed by atoms with Gasteiger partial charge in [0.15, 0.2) is 0 Å². The average Bonchev–Trinajstić information content (AvgIpc) is 3.47. The second-order valence-corrected chi connectivity index (χ2v) is 9.92. The number of hydrogen-bond acceptors (Lipinski definition) is 7. The summed E-state index contributed by atoms with van der Waals surface area (Å²) in [4.78, 5) is 35.6. The molecule has 0 radical (unpaired) electrons. The number of hydrogen-bond donors (Lipinski definition) is 1. The first-order chi connectivity index (χ1) is 17.1. The molecule has 2 saturated heterocycles. The average molecular weight is 502 g/mol. The lowest BCUT2D eigenvalue weighted by molar-refractivity contribution is -0.141. The minimum atomic E-state index is -4.74. The topological polar surface area (TPSA) is 109 Å². The number of anilines is 1. The summed E-state index contributed by atoms with van der Waals surface area (Å²) >= 11 is 0. The van der Waals surface area contributed by atoms with Gasteiger partial charge in [-0.1, -0.05) is 0 Å². The minimum Gasteiger partial charge on any atom is -0.353 e. The van der Waals surface area contributed by atoms with Crippen molar-refractivity contribution in [3.05, 3.63) is 51.1 Å². The van der Waals surface area contributed by atoms with E-state index in [1.165, 1.54) is 6.20 Å². The third-order valence-corrected chi connectivity index (χ3v) is 7.61. The summed E-state index contributed by atoms with van der Waals surface area (Å²) in [6.07, 6.45) is -2.03. The van der Waals surface area contributed by atoms with Gasteiger partial charge in [-0.15, -0.1) is 0 Å². The van der Waals surface area contributed by atoms with Crippen LogP contribution in [0.4, 0.5) is 19.0 Å². The predicted octanol–water partition coefficient (Wildman–Crippen LogP) is 2.10. The van der Waals surface area contributed by atoms with Crippen LogP contribution in [0.2, 0.25) is 0 Å². The van der Waals surface area contributed by atoms with Crippen molar-refractivity contribution in [2.24, 2.45) is 5.41 Å². The van der Waals surface area contributed by atoms with Crippen LogP contribution in [0.15, 0.2) is 23.1 Å². The van der Waals surface area contributed by atoms with Gasteiger partial charge in [-0.05, 0) is 50.4 Å². The first-order valence-electron chi connectivity index (χ1n) is 11.9. The Morgan fingerprint density at radius 1 is 1.22 bits per heavy atom. The largest absolute Gasteiger partial charge is 0.422 e. The van der Waals surface area contributed by atoms with E-state index in [4.69, 9.17) is 5.26 Å². The molecule has 4 heterocycles. The van der Waals surface area contributed by atoms with Gasteiger partial charge in [-0.3, -0.25) is 14.5 Å². The highest BCUT2D eigenvalue weighted by atomic mass is 19.4. The van der Waals surface area contributed by atoms with Crippen molar-refractivity contribution in [3.63, 3.8) is 0 Å². The van der Waals surface area contributed by atoms with Gasteiger partial charge >= 0.3 is 6.18 Å². The fourth-order valence-corrected chi connectivity index (χ4v) is 5.70. The summed E-state index contributed by atoms with van der Waals surface area (Å²) in [6, 6.07) is 5.22. The summed E-state index contributed by atoms with van der Waals surface area (Å²) in [7, 11) is 0. The highest BCUT2D eigenvalue weighted by molar-refractivity contribution is 5.83. The van der Waals surface area contributed by atoms with Crippen molar-refractivity contribution in [1.29, 1.82) is 5.26 Å². The molecule has 0 unspecified atom stereocenters. The molecule has 12 heteroatoms. The SMILES string of the molecule is C[C@@]1(C(=O)N2CCN(c3ccc(C#N)cn3)CC2)CCN([C@@H]2CCc3c2n[nH]c(=O)c3C(F)(F)F)C1. The highest BCUT2D eigenvalue weighted by Gasteiger charge is 2.48. The number of aromatic amines is 1. The minimum absolute atomic E-state index is 0.0243. The molecule has 36 heavy (non-hydrogen) atoms. The van der Waals surface area contributed by atoms with Crippen molar-refractivity contribution in [2.45, 2.75) is 38.4 Å². The van der Waals surface area contributed by atoms with Crippen molar-refractivity contribution in [1.82, 2.24) is 25.0 Å². The fraction of sp³-hybridized carbons (Fsp3) is 0.542. The van der Waals surface area contributed by atoms with Crippen LogP contribution in [0.5, 0.6) is 0 Å². The zero-order chi connectivity index (χ0) is 25.7. The molecule has 0 bridgehead atoms. The van der Waals surface area contributed by atoms with Crippen LogP contribution in [0.25, 0.3) is 0 Å². The number of rotatable bonds is 3. The molecule has 2 aromatic rings. The maximum absolute atomic E-state index is 13.5. The van der Waals surface area contributed by atoms with Gasteiger partial charge in [0.2, 0.25) is 5.91 Å². The van der Waals surface area contributed by atoms with Gasteiger partial charge < -0.3 is 9.80 Å². The van der Waals surface area contributed by atoms with E-state index in [1.807, 2.05) is 27.9 Å². The molecule has 2 atom stereocenters. The number of halogens is 3. The van der Waals surface area contributed by atoms with E-state index in [1.54, 1.807) is 12.1 Å². The van der Waals surface area contributed by atoms with E-state index in [0.29, 0.717) is 57.7 Å². The molecule has 9 nitrogen and oxygen atoms in total. The number of fused-ring (bicyclic) bond motifs is 1. The van der Waals surface area contributed by atoms with Crippen LogP contribution < -0.4 is 10.5 Å². The van der Waals surface area contributed by atoms with Crippen LogP contribution in [-0.4, -0.2) is 70.2 Å². The van der Waals surface area contributed by atoms with Crippen molar-refractivity contribution >= 4 is 11.7 Å². The Hall–Kier alpha value is -3.46. The molecular weight excluding hydrogens is 475 g/mol. The Balaban J connectivity index is 1.25. The number of piperazine rings is 1. The second kappa shape index (κ2) is 8.89. The van der Waals surface area contributed by atoms with Crippen molar-refractivity contribution in [2.75, 3.05) is 44.2 Å². The summed E-state index contributed by atoms with van der Waals surface area (Å²) in [5.74, 6) is 0.809. The van der Waals surface area contributed by atoms with Gasteiger partial charge in [0.05, 0.1) is 22.7 Å². The number of carbonyl (C=O) groups excluding carboxylic acids is 1. The lowest BCUT2D eigenvalue weighted by atomic mass is 9.87. The zero-order valence-corrected chi connectivity index (χ0v) is 19.8. The Kier molecular flexibility index (Phi) is 5.98.